The molecule has 0 nitrogen and oxygen atoms in total. The lowest BCUT2D eigenvalue weighted by Gasteiger charge is -1.92. The second-order valence-electron chi connectivity index (χ2n) is 2.41. The van der Waals surface area contributed by atoms with E-state index in [1.807, 2.05) is 6.08 Å². The van der Waals surface area contributed by atoms with Crippen molar-refractivity contribution < 1.29 is 4.39 Å². The Morgan fingerprint density at radius 1 is 1.62 bits per heavy atom. The van der Waals surface area contributed by atoms with Gasteiger partial charge < -0.3 is 0 Å². The van der Waals surface area contributed by atoms with Crippen molar-refractivity contribution in [1.82, 2.24) is 0 Å². The molecule has 8 heavy (non-hydrogen) atoms. The molecule has 1 atom stereocenters. The van der Waals surface area contributed by atoms with Gasteiger partial charge in [0.15, 0.2) is 0 Å². The van der Waals surface area contributed by atoms with E-state index in [1.54, 1.807) is 6.08 Å². The fourth-order valence-corrected chi connectivity index (χ4v) is 1.17. The summed E-state index contributed by atoms with van der Waals surface area (Å²) in [6.45, 7) is 0. The van der Waals surface area contributed by atoms with Crippen LogP contribution in [0.15, 0.2) is 23.6 Å². The SMILES string of the molecule is FC1=C2CC2CC=C1. The maximum Gasteiger partial charge on any atom is 0.122 e. The molecule has 0 N–H and O–H groups in total. The molecule has 2 rings (SSSR count). The molecule has 1 unspecified atom stereocenters. The quantitative estimate of drug-likeness (QED) is 0.448. The van der Waals surface area contributed by atoms with E-state index in [9.17, 15) is 4.39 Å². The van der Waals surface area contributed by atoms with Crippen LogP contribution in [0.2, 0.25) is 0 Å². The molecule has 0 spiro atoms. The molecular weight excluding hydrogens is 103 g/mol. The van der Waals surface area contributed by atoms with Crippen molar-refractivity contribution in [3.63, 3.8) is 0 Å². The summed E-state index contributed by atoms with van der Waals surface area (Å²) in [6, 6.07) is 0. The van der Waals surface area contributed by atoms with Crippen LogP contribution in [0.1, 0.15) is 12.8 Å². The highest BCUT2D eigenvalue weighted by Crippen LogP contribution is 2.46. The predicted molar refractivity (Wildman–Crippen MR) is 30.0 cm³/mol. The van der Waals surface area contributed by atoms with Gasteiger partial charge in [-0.3, -0.25) is 0 Å². The van der Waals surface area contributed by atoms with Crippen molar-refractivity contribution in [2.45, 2.75) is 12.8 Å². The van der Waals surface area contributed by atoms with Crippen molar-refractivity contribution in [2.75, 3.05) is 0 Å². The molecule has 1 fully saturated rings. The summed E-state index contributed by atoms with van der Waals surface area (Å²) in [5, 5.41) is 0. The largest absolute Gasteiger partial charge is 0.207 e. The zero-order chi connectivity index (χ0) is 5.56. The molecule has 42 valence electrons. The first kappa shape index (κ1) is 4.30. The van der Waals surface area contributed by atoms with E-state index in [4.69, 9.17) is 0 Å². The molecule has 0 radical (unpaired) electrons. The highest BCUT2D eigenvalue weighted by atomic mass is 19.1. The fourth-order valence-electron chi connectivity index (χ4n) is 1.17. The molecule has 1 saturated carbocycles. The molecule has 0 saturated heterocycles. The molecule has 0 bridgehead atoms. The van der Waals surface area contributed by atoms with Crippen molar-refractivity contribution >= 4 is 0 Å². The summed E-state index contributed by atoms with van der Waals surface area (Å²) in [5.74, 6) is 0.626. The maximum atomic E-state index is 12.4. The van der Waals surface area contributed by atoms with Gasteiger partial charge in [-0.15, -0.1) is 0 Å². The number of fused-ring (bicyclic) bond motifs is 1. The first-order valence-electron chi connectivity index (χ1n) is 2.93. The zero-order valence-corrected chi connectivity index (χ0v) is 4.52. The monoisotopic (exact) mass is 110 g/mol. The maximum absolute atomic E-state index is 12.4. The van der Waals surface area contributed by atoms with Crippen molar-refractivity contribution in [3.05, 3.63) is 23.6 Å². The Bertz CT molecular complexity index is 177. The lowest BCUT2D eigenvalue weighted by molar-refractivity contribution is 0.651. The summed E-state index contributed by atoms with van der Waals surface area (Å²) >= 11 is 0. The molecule has 0 amide bonds. The van der Waals surface area contributed by atoms with Crippen LogP contribution in [0.25, 0.3) is 0 Å². The minimum Gasteiger partial charge on any atom is -0.207 e. The van der Waals surface area contributed by atoms with Crippen LogP contribution in [-0.4, -0.2) is 0 Å². The first-order chi connectivity index (χ1) is 3.88. The van der Waals surface area contributed by atoms with Gasteiger partial charge in [0.25, 0.3) is 0 Å². The van der Waals surface area contributed by atoms with Gasteiger partial charge in [0.2, 0.25) is 0 Å². The Morgan fingerprint density at radius 2 is 2.50 bits per heavy atom. The summed E-state index contributed by atoms with van der Waals surface area (Å²) in [4.78, 5) is 0. The molecule has 1 heteroatoms. The van der Waals surface area contributed by atoms with Crippen LogP contribution >= 0.6 is 0 Å². The minimum absolute atomic E-state index is 0.0289. The van der Waals surface area contributed by atoms with Gasteiger partial charge in [0.1, 0.15) is 5.83 Å². The van der Waals surface area contributed by atoms with E-state index in [0.29, 0.717) is 5.92 Å². The van der Waals surface area contributed by atoms with Crippen LogP contribution in [0.3, 0.4) is 0 Å². The van der Waals surface area contributed by atoms with Crippen LogP contribution in [0.5, 0.6) is 0 Å². The predicted octanol–water partition coefficient (Wildman–Crippen LogP) is 2.19. The number of halogens is 1. The fraction of sp³-hybridized carbons (Fsp3) is 0.429. The molecular formula is C7H7F. The third-order valence-electron chi connectivity index (χ3n) is 1.79. The lowest BCUT2D eigenvalue weighted by Crippen LogP contribution is -1.78. The molecule has 2 aliphatic carbocycles. The average Bonchev–Trinajstić information content (AvgIpc) is 2.45. The standard InChI is InChI=1S/C7H7F/c8-7-3-1-2-5-4-6(5)7/h1,3,5H,2,4H2. The Labute approximate surface area is 47.7 Å². The third-order valence-corrected chi connectivity index (χ3v) is 1.79. The van der Waals surface area contributed by atoms with Crippen LogP contribution < -0.4 is 0 Å². The molecule has 0 aromatic heterocycles. The summed E-state index contributed by atoms with van der Waals surface area (Å²) in [5.41, 5.74) is 1.05. The van der Waals surface area contributed by atoms with Crippen molar-refractivity contribution in [2.24, 2.45) is 5.92 Å². The van der Waals surface area contributed by atoms with E-state index < -0.39 is 0 Å². The lowest BCUT2D eigenvalue weighted by atomic mass is 10.2. The van der Waals surface area contributed by atoms with Crippen LogP contribution in [0.4, 0.5) is 4.39 Å². The second kappa shape index (κ2) is 1.22. The topological polar surface area (TPSA) is 0 Å². The van der Waals surface area contributed by atoms with Gasteiger partial charge in [-0.1, -0.05) is 6.08 Å². The average molecular weight is 110 g/mol. The Kier molecular flexibility index (Phi) is 0.655. The molecule has 0 aliphatic heterocycles. The zero-order valence-electron chi connectivity index (χ0n) is 4.52. The number of hydrogen-bond donors (Lipinski definition) is 0. The van der Waals surface area contributed by atoms with Crippen LogP contribution in [0, 0.1) is 5.92 Å². The summed E-state index contributed by atoms with van der Waals surface area (Å²) < 4.78 is 12.4. The minimum atomic E-state index is 0.0289. The Morgan fingerprint density at radius 3 is 3.12 bits per heavy atom. The van der Waals surface area contributed by atoms with E-state index in [-0.39, 0.29) is 5.83 Å². The van der Waals surface area contributed by atoms with Gasteiger partial charge in [-0.25, -0.2) is 4.39 Å². The highest BCUT2D eigenvalue weighted by molar-refractivity contribution is 5.36. The Hall–Kier alpha value is -0.590. The normalized spacial score (nSPS) is 32.9. The van der Waals surface area contributed by atoms with Crippen LogP contribution in [-0.2, 0) is 0 Å². The Balaban J connectivity index is 2.36. The third kappa shape index (κ3) is 0.443. The van der Waals surface area contributed by atoms with Gasteiger partial charge in [-0.05, 0) is 30.4 Å². The molecule has 2 aliphatic rings. The smallest absolute Gasteiger partial charge is 0.122 e. The van der Waals surface area contributed by atoms with Gasteiger partial charge in [0.05, 0.1) is 0 Å². The van der Waals surface area contributed by atoms with Gasteiger partial charge >= 0.3 is 0 Å². The highest BCUT2D eigenvalue weighted by Gasteiger charge is 2.33. The summed E-state index contributed by atoms with van der Waals surface area (Å²) in [6.07, 6.45) is 5.58. The number of rotatable bonds is 0. The number of allylic oxidation sites excluding steroid dienone is 4. The van der Waals surface area contributed by atoms with Crippen molar-refractivity contribution in [1.29, 1.82) is 0 Å². The summed E-state index contributed by atoms with van der Waals surface area (Å²) in [7, 11) is 0. The first-order valence-corrected chi connectivity index (χ1v) is 2.93. The van der Waals surface area contributed by atoms with Gasteiger partial charge in [0, 0.05) is 0 Å². The van der Waals surface area contributed by atoms with E-state index in [1.165, 1.54) is 0 Å². The van der Waals surface area contributed by atoms with E-state index in [2.05, 4.69) is 0 Å². The second-order valence-corrected chi connectivity index (χ2v) is 2.41. The molecule has 0 aromatic rings. The van der Waals surface area contributed by atoms with E-state index >= 15 is 0 Å². The van der Waals surface area contributed by atoms with E-state index in [0.717, 1.165) is 18.4 Å². The van der Waals surface area contributed by atoms with Gasteiger partial charge in [-0.2, -0.15) is 0 Å². The van der Waals surface area contributed by atoms with Crippen molar-refractivity contribution in [3.8, 4) is 0 Å². The number of hydrogen-bond acceptors (Lipinski definition) is 0. The molecule has 0 heterocycles. The molecule has 0 aromatic carbocycles.